The second kappa shape index (κ2) is 7.11. The van der Waals surface area contributed by atoms with E-state index in [1.807, 2.05) is 6.92 Å². The quantitative estimate of drug-likeness (QED) is 0.762. The van der Waals surface area contributed by atoms with Crippen LogP contribution in [0.5, 0.6) is 0 Å². The Hall–Kier alpha value is -1.30. The van der Waals surface area contributed by atoms with Gasteiger partial charge in [-0.15, -0.1) is 0 Å². The Morgan fingerprint density at radius 1 is 1.41 bits per heavy atom. The lowest BCUT2D eigenvalue weighted by Gasteiger charge is -2.22. The molecule has 0 aromatic rings. The van der Waals surface area contributed by atoms with E-state index in [-0.39, 0.29) is 6.03 Å². The third-order valence-electron chi connectivity index (χ3n) is 2.68. The lowest BCUT2D eigenvalue weighted by atomic mass is 10.2. The van der Waals surface area contributed by atoms with Gasteiger partial charge in [0.1, 0.15) is 6.04 Å². The molecule has 0 radical (unpaired) electrons. The van der Waals surface area contributed by atoms with Gasteiger partial charge in [-0.2, -0.15) is 0 Å². The number of carboxylic acids is 1. The normalized spacial score (nSPS) is 18.3. The van der Waals surface area contributed by atoms with Crippen LogP contribution >= 0.6 is 0 Å². The molecule has 1 fully saturated rings. The van der Waals surface area contributed by atoms with E-state index in [4.69, 9.17) is 9.84 Å². The number of carboxylic acid groups (broad SMARTS) is 1. The van der Waals surface area contributed by atoms with Gasteiger partial charge in [-0.3, -0.25) is 0 Å². The monoisotopic (exact) mass is 244 g/mol. The van der Waals surface area contributed by atoms with Gasteiger partial charge in [0.2, 0.25) is 0 Å². The first-order valence-corrected chi connectivity index (χ1v) is 6.01. The number of ether oxygens (including phenoxy) is 1. The van der Waals surface area contributed by atoms with Gasteiger partial charge in [-0.05, 0) is 12.8 Å². The van der Waals surface area contributed by atoms with Gasteiger partial charge in [-0.25, -0.2) is 9.59 Å². The van der Waals surface area contributed by atoms with E-state index in [9.17, 15) is 9.59 Å². The zero-order valence-corrected chi connectivity index (χ0v) is 10.1. The molecule has 1 saturated heterocycles. The van der Waals surface area contributed by atoms with Crippen LogP contribution in [0, 0.1) is 0 Å². The number of aliphatic carboxylic acids is 1. The largest absolute Gasteiger partial charge is 0.480 e. The van der Waals surface area contributed by atoms with Crippen LogP contribution in [-0.2, 0) is 9.53 Å². The fraction of sp³-hybridized carbons (Fsp3) is 0.818. The molecular formula is C11H20N2O4. The Labute approximate surface area is 101 Å². The van der Waals surface area contributed by atoms with Crippen molar-refractivity contribution in [3.05, 3.63) is 0 Å². The summed E-state index contributed by atoms with van der Waals surface area (Å²) in [6.45, 7) is 4.19. The Morgan fingerprint density at radius 3 is 2.82 bits per heavy atom. The molecular weight excluding hydrogens is 224 g/mol. The highest BCUT2D eigenvalue weighted by Crippen LogP contribution is 2.02. The third kappa shape index (κ3) is 4.60. The fourth-order valence-corrected chi connectivity index (χ4v) is 1.74. The van der Waals surface area contributed by atoms with E-state index in [0.29, 0.717) is 32.7 Å². The summed E-state index contributed by atoms with van der Waals surface area (Å²) in [5.41, 5.74) is 0. The summed E-state index contributed by atoms with van der Waals surface area (Å²) in [4.78, 5) is 24.4. The van der Waals surface area contributed by atoms with Gasteiger partial charge in [0.05, 0.1) is 6.61 Å². The molecule has 1 heterocycles. The number of nitrogens with zero attached hydrogens (tertiary/aromatic N) is 1. The van der Waals surface area contributed by atoms with Crippen molar-refractivity contribution in [1.29, 1.82) is 0 Å². The average molecular weight is 244 g/mol. The predicted octanol–water partition coefficient (Wildman–Crippen LogP) is 0.672. The molecule has 0 unspecified atom stereocenters. The maximum atomic E-state index is 11.8. The number of nitrogens with one attached hydrogen (secondary N) is 1. The first-order valence-electron chi connectivity index (χ1n) is 6.01. The number of amides is 2. The Bertz CT molecular complexity index is 262. The maximum Gasteiger partial charge on any atom is 0.326 e. The summed E-state index contributed by atoms with van der Waals surface area (Å²) in [5, 5.41) is 11.5. The van der Waals surface area contributed by atoms with Crippen molar-refractivity contribution in [3.63, 3.8) is 0 Å². The van der Waals surface area contributed by atoms with Crippen LogP contribution in [-0.4, -0.2) is 54.4 Å². The van der Waals surface area contributed by atoms with Gasteiger partial charge < -0.3 is 20.1 Å². The van der Waals surface area contributed by atoms with Crippen molar-refractivity contribution in [2.24, 2.45) is 0 Å². The molecule has 0 aromatic carbocycles. The molecule has 0 saturated carbocycles. The number of urea groups is 1. The van der Waals surface area contributed by atoms with Crippen LogP contribution in [0.3, 0.4) is 0 Å². The van der Waals surface area contributed by atoms with Crippen LogP contribution in [0.15, 0.2) is 0 Å². The molecule has 6 heteroatoms. The summed E-state index contributed by atoms with van der Waals surface area (Å²) < 4.78 is 5.24. The summed E-state index contributed by atoms with van der Waals surface area (Å²) in [5.74, 6) is -0.980. The maximum absolute atomic E-state index is 11.8. The van der Waals surface area contributed by atoms with E-state index < -0.39 is 12.0 Å². The van der Waals surface area contributed by atoms with Gasteiger partial charge in [0.25, 0.3) is 0 Å². The van der Waals surface area contributed by atoms with Crippen LogP contribution in [0.2, 0.25) is 0 Å². The standard InChI is InChI=1S/C11H20N2O4/c1-2-4-9(10(14)15)12-11(16)13-5-3-7-17-8-6-13/h9H,2-8H2,1H3,(H,12,16)(H,14,15)/t9-/m1/s1. The molecule has 1 aliphatic heterocycles. The Morgan fingerprint density at radius 2 is 2.18 bits per heavy atom. The minimum absolute atomic E-state index is 0.309. The fourth-order valence-electron chi connectivity index (χ4n) is 1.74. The zero-order chi connectivity index (χ0) is 12.7. The summed E-state index contributed by atoms with van der Waals surface area (Å²) in [6, 6.07) is -1.10. The number of carbonyl (C=O) groups is 2. The molecule has 1 aliphatic rings. The first-order chi connectivity index (χ1) is 8.15. The van der Waals surface area contributed by atoms with Crippen LogP contribution in [0.1, 0.15) is 26.2 Å². The Balaban J connectivity index is 2.47. The van der Waals surface area contributed by atoms with Crippen molar-refractivity contribution in [3.8, 4) is 0 Å². The van der Waals surface area contributed by atoms with Gasteiger partial charge >= 0.3 is 12.0 Å². The van der Waals surface area contributed by atoms with E-state index in [1.165, 1.54) is 0 Å². The molecule has 2 N–H and O–H groups in total. The van der Waals surface area contributed by atoms with Gasteiger partial charge in [-0.1, -0.05) is 13.3 Å². The van der Waals surface area contributed by atoms with E-state index in [0.717, 1.165) is 12.8 Å². The minimum Gasteiger partial charge on any atom is -0.480 e. The van der Waals surface area contributed by atoms with Crippen LogP contribution in [0.25, 0.3) is 0 Å². The highest BCUT2D eigenvalue weighted by atomic mass is 16.5. The minimum atomic E-state index is -0.980. The lowest BCUT2D eigenvalue weighted by Crippen LogP contribution is -2.48. The van der Waals surface area contributed by atoms with Gasteiger partial charge in [0, 0.05) is 19.7 Å². The van der Waals surface area contributed by atoms with Crippen molar-refractivity contribution in [1.82, 2.24) is 10.2 Å². The first kappa shape index (κ1) is 13.8. The SMILES string of the molecule is CCC[C@@H](NC(=O)N1CCCOCC1)C(=O)O. The second-order valence-corrected chi connectivity index (χ2v) is 4.08. The number of hydrogen-bond donors (Lipinski definition) is 2. The molecule has 98 valence electrons. The Kier molecular flexibility index (Phi) is 5.76. The van der Waals surface area contributed by atoms with Crippen LogP contribution in [0.4, 0.5) is 4.79 Å². The average Bonchev–Trinajstić information content (AvgIpc) is 2.56. The highest BCUT2D eigenvalue weighted by Gasteiger charge is 2.22. The smallest absolute Gasteiger partial charge is 0.326 e. The highest BCUT2D eigenvalue weighted by molar-refractivity contribution is 5.82. The van der Waals surface area contributed by atoms with E-state index in [2.05, 4.69) is 5.32 Å². The van der Waals surface area contributed by atoms with E-state index >= 15 is 0 Å². The molecule has 1 atom stereocenters. The summed E-state index contributed by atoms with van der Waals surface area (Å²) in [7, 11) is 0. The van der Waals surface area contributed by atoms with Crippen molar-refractivity contribution >= 4 is 12.0 Å². The molecule has 17 heavy (non-hydrogen) atoms. The number of carbonyl (C=O) groups excluding carboxylic acids is 1. The van der Waals surface area contributed by atoms with Crippen molar-refractivity contribution in [2.75, 3.05) is 26.3 Å². The zero-order valence-electron chi connectivity index (χ0n) is 10.1. The molecule has 0 aromatic heterocycles. The molecule has 0 bridgehead atoms. The van der Waals surface area contributed by atoms with E-state index in [1.54, 1.807) is 4.90 Å². The molecule has 6 nitrogen and oxygen atoms in total. The molecule has 2 amide bonds. The van der Waals surface area contributed by atoms with Crippen molar-refractivity contribution < 1.29 is 19.4 Å². The summed E-state index contributed by atoms with van der Waals surface area (Å²) in [6.07, 6.45) is 1.96. The molecule has 0 spiro atoms. The second-order valence-electron chi connectivity index (χ2n) is 4.08. The lowest BCUT2D eigenvalue weighted by molar-refractivity contribution is -0.139. The topological polar surface area (TPSA) is 78.9 Å². The van der Waals surface area contributed by atoms with Crippen LogP contribution < -0.4 is 5.32 Å². The molecule has 1 rings (SSSR count). The predicted molar refractivity (Wildman–Crippen MR) is 61.9 cm³/mol. The summed E-state index contributed by atoms with van der Waals surface area (Å²) >= 11 is 0. The number of rotatable bonds is 4. The third-order valence-corrected chi connectivity index (χ3v) is 2.68. The molecule has 0 aliphatic carbocycles. The van der Waals surface area contributed by atoms with Crippen molar-refractivity contribution in [2.45, 2.75) is 32.2 Å². The van der Waals surface area contributed by atoms with Gasteiger partial charge in [0.15, 0.2) is 0 Å². The number of hydrogen-bond acceptors (Lipinski definition) is 3.